The van der Waals surface area contributed by atoms with Gasteiger partial charge in [0, 0.05) is 6.92 Å². The van der Waals surface area contributed by atoms with Crippen LogP contribution in [0.5, 0.6) is 5.75 Å². The maximum absolute atomic E-state index is 11.2. The SMILES string of the molecule is COC(=O)C[C@H](OC(C)=O)c1ccc(O)cc1. The fourth-order valence-electron chi connectivity index (χ4n) is 1.35. The molecule has 1 N–H and O–H groups in total. The highest BCUT2D eigenvalue weighted by Gasteiger charge is 2.19. The lowest BCUT2D eigenvalue weighted by Gasteiger charge is -2.16. The molecule has 5 heteroatoms. The maximum atomic E-state index is 11.2. The summed E-state index contributed by atoms with van der Waals surface area (Å²) in [6.07, 6.45) is -0.749. The van der Waals surface area contributed by atoms with Gasteiger partial charge in [-0.1, -0.05) is 12.1 Å². The lowest BCUT2D eigenvalue weighted by atomic mass is 10.1. The number of esters is 2. The molecule has 1 rings (SSSR count). The van der Waals surface area contributed by atoms with Gasteiger partial charge in [-0.25, -0.2) is 0 Å². The molecule has 0 amide bonds. The summed E-state index contributed by atoms with van der Waals surface area (Å²) in [5.41, 5.74) is 0.628. The second-order valence-electron chi connectivity index (χ2n) is 3.47. The lowest BCUT2D eigenvalue weighted by Crippen LogP contribution is -2.14. The van der Waals surface area contributed by atoms with E-state index >= 15 is 0 Å². The zero-order valence-electron chi connectivity index (χ0n) is 9.67. The normalized spacial score (nSPS) is 11.6. The minimum absolute atomic E-state index is 0.0547. The number of rotatable bonds is 4. The van der Waals surface area contributed by atoms with Gasteiger partial charge >= 0.3 is 11.9 Å². The molecule has 1 atom stereocenters. The first-order valence-corrected chi connectivity index (χ1v) is 5.06. The van der Waals surface area contributed by atoms with Crippen molar-refractivity contribution in [1.29, 1.82) is 0 Å². The maximum Gasteiger partial charge on any atom is 0.309 e. The minimum Gasteiger partial charge on any atom is -0.508 e. The molecule has 0 spiro atoms. The summed E-state index contributed by atoms with van der Waals surface area (Å²) in [6.45, 7) is 1.27. The molecule has 1 aromatic carbocycles. The van der Waals surface area contributed by atoms with Crippen molar-refractivity contribution in [3.63, 3.8) is 0 Å². The first-order valence-electron chi connectivity index (χ1n) is 5.06. The van der Waals surface area contributed by atoms with Gasteiger partial charge in [-0.2, -0.15) is 0 Å². The summed E-state index contributed by atoms with van der Waals surface area (Å²) >= 11 is 0. The van der Waals surface area contributed by atoms with Gasteiger partial charge in [-0.05, 0) is 17.7 Å². The average molecular weight is 238 g/mol. The second-order valence-corrected chi connectivity index (χ2v) is 3.47. The monoisotopic (exact) mass is 238 g/mol. The molecule has 0 bridgehead atoms. The first kappa shape index (κ1) is 13.0. The number of phenols is 1. The highest BCUT2D eigenvalue weighted by atomic mass is 16.6. The van der Waals surface area contributed by atoms with E-state index in [1.165, 1.54) is 26.2 Å². The smallest absolute Gasteiger partial charge is 0.309 e. The van der Waals surface area contributed by atoms with Crippen molar-refractivity contribution >= 4 is 11.9 Å². The molecule has 0 unspecified atom stereocenters. The molecule has 0 aromatic heterocycles. The summed E-state index contributed by atoms with van der Waals surface area (Å²) in [5, 5.41) is 9.15. The van der Waals surface area contributed by atoms with Gasteiger partial charge in [0.05, 0.1) is 13.5 Å². The van der Waals surface area contributed by atoms with Crippen LogP contribution in [0, 0.1) is 0 Å². The molecule has 0 aliphatic rings. The Hall–Kier alpha value is -2.04. The standard InChI is InChI=1S/C12H14O5/c1-8(13)17-11(7-12(15)16-2)9-3-5-10(14)6-4-9/h3-6,11,14H,7H2,1-2H3/t11-/m0/s1. The molecule has 5 nitrogen and oxygen atoms in total. The zero-order valence-corrected chi connectivity index (χ0v) is 9.67. The third-order valence-corrected chi connectivity index (χ3v) is 2.15. The minimum atomic E-state index is -0.694. The van der Waals surface area contributed by atoms with E-state index in [1.54, 1.807) is 12.1 Å². The van der Waals surface area contributed by atoms with Gasteiger partial charge < -0.3 is 14.6 Å². The molecule has 0 aliphatic carbocycles. The number of benzene rings is 1. The van der Waals surface area contributed by atoms with E-state index < -0.39 is 18.0 Å². The Kier molecular flexibility index (Phi) is 4.51. The lowest BCUT2D eigenvalue weighted by molar-refractivity contribution is -0.152. The number of methoxy groups -OCH3 is 1. The predicted molar refractivity (Wildman–Crippen MR) is 59.2 cm³/mol. The fraction of sp³-hybridized carbons (Fsp3) is 0.333. The quantitative estimate of drug-likeness (QED) is 0.806. The van der Waals surface area contributed by atoms with Crippen LogP contribution in [0.25, 0.3) is 0 Å². The van der Waals surface area contributed by atoms with E-state index in [0.717, 1.165) is 0 Å². The summed E-state index contributed by atoms with van der Waals surface area (Å²) in [6, 6.07) is 6.10. The fourth-order valence-corrected chi connectivity index (χ4v) is 1.35. The van der Waals surface area contributed by atoms with E-state index in [1.807, 2.05) is 0 Å². The van der Waals surface area contributed by atoms with Crippen LogP contribution in [-0.4, -0.2) is 24.2 Å². The number of aromatic hydroxyl groups is 1. The number of phenolic OH excluding ortho intramolecular Hbond substituents is 1. The Morgan fingerprint density at radius 2 is 1.88 bits per heavy atom. The van der Waals surface area contributed by atoms with Gasteiger partial charge in [0.2, 0.25) is 0 Å². The van der Waals surface area contributed by atoms with Crippen LogP contribution in [0.3, 0.4) is 0 Å². The van der Waals surface area contributed by atoms with Crippen molar-refractivity contribution in [2.75, 3.05) is 7.11 Å². The van der Waals surface area contributed by atoms with Gasteiger partial charge in [-0.3, -0.25) is 9.59 Å². The molecule has 92 valence electrons. The Morgan fingerprint density at radius 3 is 2.35 bits per heavy atom. The van der Waals surface area contributed by atoms with E-state index in [2.05, 4.69) is 4.74 Å². The van der Waals surface area contributed by atoms with Gasteiger partial charge in [0.25, 0.3) is 0 Å². The summed E-state index contributed by atoms with van der Waals surface area (Å²) in [5.74, 6) is -0.843. The number of ether oxygens (including phenoxy) is 2. The van der Waals surface area contributed by atoms with Crippen LogP contribution in [0.2, 0.25) is 0 Å². The molecule has 0 saturated heterocycles. The molecule has 0 fully saturated rings. The predicted octanol–water partition coefficient (Wildman–Crippen LogP) is 1.56. The van der Waals surface area contributed by atoms with Crippen molar-refractivity contribution < 1.29 is 24.2 Å². The van der Waals surface area contributed by atoms with E-state index in [9.17, 15) is 9.59 Å². The molecule has 1 aromatic rings. The number of hydrogen-bond acceptors (Lipinski definition) is 5. The number of hydrogen-bond donors (Lipinski definition) is 1. The zero-order chi connectivity index (χ0) is 12.8. The molecular formula is C12H14O5. The Labute approximate surface area is 99.0 Å². The Bertz CT molecular complexity index is 396. The highest BCUT2D eigenvalue weighted by Crippen LogP contribution is 2.23. The third kappa shape index (κ3) is 4.14. The van der Waals surface area contributed by atoms with Gasteiger partial charge in [0.15, 0.2) is 0 Å². The van der Waals surface area contributed by atoms with Crippen molar-refractivity contribution in [2.24, 2.45) is 0 Å². The van der Waals surface area contributed by atoms with Crippen LogP contribution >= 0.6 is 0 Å². The molecule has 0 heterocycles. The summed E-state index contributed by atoms with van der Waals surface area (Å²) in [7, 11) is 1.27. The van der Waals surface area contributed by atoms with Crippen LogP contribution in [0.1, 0.15) is 25.0 Å². The van der Waals surface area contributed by atoms with E-state index in [-0.39, 0.29) is 12.2 Å². The van der Waals surface area contributed by atoms with Gasteiger partial charge in [0.1, 0.15) is 11.9 Å². The summed E-state index contributed by atoms with van der Waals surface area (Å²) in [4.78, 5) is 22.1. The van der Waals surface area contributed by atoms with Crippen LogP contribution in [0.15, 0.2) is 24.3 Å². The van der Waals surface area contributed by atoms with Gasteiger partial charge in [-0.15, -0.1) is 0 Å². The summed E-state index contributed by atoms with van der Waals surface area (Å²) < 4.78 is 9.56. The van der Waals surface area contributed by atoms with Crippen LogP contribution in [-0.2, 0) is 19.1 Å². The van der Waals surface area contributed by atoms with Crippen molar-refractivity contribution in [3.05, 3.63) is 29.8 Å². The largest absolute Gasteiger partial charge is 0.508 e. The van der Waals surface area contributed by atoms with Crippen molar-refractivity contribution in [3.8, 4) is 5.75 Å². The number of carbonyl (C=O) groups is 2. The third-order valence-electron chi connectivity index (χ3n) is 2.15. The average Bonchev–Trinajstić information content (AvgIpc) is 2.28. The topological polar surface area (TPSA) is 72.8 Å². The van der Waals surface area contributed by atoms with Crippen LogP contribution in [0.4, 0.5) is 0 Å². The highest BCUT2D eigenvalue weighted by molar-refractivity contribution is 5.71. The Morgan fingerprint density at radius 1 is 1.29 bits per heavy atom. The molecule has 0 aliphatic heterocycles. The molecular weight excluding hydrogens is 224 g/mol. The van der Waals surface area contributed by atoms with E-state index in [0.29, 0.717) is 5.56 Å². The number of carbonyl (C=O) groups excluding carboxylic acids is 2. The molecule has 0 radical (unpaired) electrons. The molecule has 0 saturated carbocycles. The van der Waals surface area contributed by atoms with Crippen LogP contribution < -0.4 is 0 Å². The van der Waals surface area contributed by atoms with Crippen molar-refractivity contribution in [1.82, 2.24) is 0 Å². The van der Waals surface area contributed by atoms with Crippen molar-refractivity contribution in [2.45, 2.75) is 19.4 Å². The first-order chi connectivity index (χ1) is 8.02. The van der Waals surface area contributed by atoms with E-state index in [4.69, 9.17) is 9.84 Å². The molecule has 17 heavy (non-hydrogen) atoms. The Balaban J connectivity index is 2.85. The second kappa shape index (κ2) is 5.89.